The van der Waals surface area contributed by atoms with Gasteiger partial charge in [0.25, 0.3) is 0 Å². The number of benzene rings is 2. The highest BCUT2D eigenvalue weighted by Gasteiger charge is 2.44. The van der Waals surface area contributed by atoms with E-state index in [4.69, 9.17) is 18.9 Å². The molecule has 0 N–H and O–H groups in total. The molecule has 5 heteroatoms. The number of esters is 1. The summed E-state index contributed by atoms with van der Waals surface area (Å²) in [6.45, 7) is 2.24. The van der Waals surface area contributed by atoms with Crippen LogP contribution in [0.2, 0.25) is 0 Å². The molecule has 2 aromatic carbocycles. The summed E-state index contributed by atoms with van der Waals surface area (Å²) in [5.74, 6) is -0.379. The first kappa shape index (κ1) is 16.8. The summed E-state index contributed by atoms with van der Waals surface area (Å²) in [7, 11) is 0. The minimum Gasteiger partial charge on any atom is -0.493 e. The van der Waals surface area contributed by atoms with Crippen LogP contribution in [0.1, 0.15) is 29.1 Å². The van der Waals surface area contributed by atoms with E-state index < -0.39 is 18.5 Å². The number of carbonyl (C=O) groups excluding carboxylic acids is 1. The van der Waals surface area contributed by atoms with E-state index >= 15 is 0 Å². The lowest BCUT2D eigenvalue weighted by atomic mass is 9.98. The molecule has 5 nitrogen and oxygen atoms in total. The van der Waals surface area contributed by atoms with E-state index in [0.29, 0.717) is 12.2 Å². The van der Waals surface area contributed by atoms with Crippen LogP contribution in [0.25, 0.3) is 0 Å². The first-order valence-corrected chi connectivity index (χ1v) is 8.62. The molecule has 0 amide bonds. The van der Waals surface area contributed by atoms with Gasteiger partial charge in [0.2, 0.25) is 0 Å². The summed E-state index contributed by atoms with van der Waals surface area (Å²) in [6.07, 6.45) is -0.139. The highest BCUT2D eigenvalue weighted by atomic mass is 16.7. The van der Waals surface area contributed by atoms with Gasteiger partial charge in [0.15, 0.2) is 18.5 Å². The third-order valence-electron chi connectivity index (χ3n) is 4.55. The molecule has 0 spiro atoms. The minimum absolute atomic E-state index is 0.313. The Morgan fingerprint density at radius 3 is 2.46 bits per heavy atom. The maximum Gasteiger partial charge on any atom is 0.338 e. The summed E-state index contributed by atoms with van der Waals surface area (Å²) >= 11 is 0. The zero-order valence-corrected chi connectivity index (χ0v) is 14.4. The Hall–Kier alpha value is -2.63. The average molecular weight is 352 g/mol. The zero-order valence-electron chi connectivity index (χ0n) is 14.4. The van der Waals surface area contributed by atoms with Gasteiger partial charge in [-0.1, -0.05) is 48.5 Å². The Kier molecular flexibility index (Phi) is 4.73. The highest BCUT2D eigenvalue weighted by Crippen LogP contribution is 2.34. The molecule has 0 saturated carbocycles. The lowest BCUT2D eigenvalue weighted by molar-refractivity contribution is -0.277. The Balaban J connectivity index is 1.54. The van der Waals surface area contributed by atoms with Gasteiger partial charge in [0, 0.05) is 11.1 Å². The van der Waals surface area contributed by atoms with Gasteiger partial charge in [-0.2, -0.15) is 0 Å². The van der Waals surface area contributed by atoms with Crippen molar-refractivity contribution in [3.8, 4) is 0 Å². The average Bonchev–Trinajstić information content (AvgIpc) is 2.71. The van der Waals surface area contributed by atoms with Crippen LogP contribution in [-0.4, -0.2) is 30.9 Å². The van der Waals surface area contributed by atoms with E-state index in [1.165, 1.54) is 0 Å². The molecule has 0 unspecified atom stereocenters. The summed E-state index contributed by atoms with van der Waals surface area (Å²) in [5, 5.41) is 0. The smallest absolute Gasteiger partial charge is 0.338 e. The Morgan fingerprint density at radius 1 is 1.04 bits per heavy atom. The van der Waals surface area contributed by atoms with Gasteiger partial charge in [-0.15, -0.1) is 0 Å². The summed E-state index contributed by atoms with van der Waals surface area (Å²) < 4.78 is 23.4. The third kappa shape index (κ3) is 3.36. The van der Waals surface area contributed by atoms with Crippen LogP contribution in [0.3, 0.4) is 0 Å². The number of hydrogen-bond acceptors (Lipinski definition) is 5. The minimum atomic E-state index is -0.517. The predicted molar refractivity (Wildman–Crippen MR) is 94.3 cm³/mol. The molecule has 1 saturated heterocycles. The second-order valence-electron chi connectivity index (χ2n) is 6.40. The van der Waals surface area contributed by atoms with Gasteiger partial charge in [0.05, 0.1) is 18.4 Å². The van der Waals surface area contributed by atoms with Gasteiger partial charge in [-0.05, 0) is 19.1 Å². The number of hydrogen-bond donors (Lipinski definition) is 0. The highest BCUT2D eigenvalue weighted by molar-refractivity contribution is 5.89. The Bertz CT molecular complexity index is 787. The molecule has 4 rings (SSSR count). The maximum absolute atomic E-state index is 12.5. The Morgan fingerprint density at radius 2 is 1.73 bits per heavy atom. The molecule has 2 heterocycles. The lowest BCUT2D eigenvalue weighted by Gasteiger charge is -2.42. The molecule has 2 aliphatic heterocycles. The van der Waals surface area contributed by atoms with E-state index in [2.05, 4.69) is 0 Å². The third-order valence-corrected chi connectivity index (χ3v) is 4.55. The van der Waals surface area contributed by atoms with Crippen molar-refractivity contribution < 1.29 is 23.7 Å². The van der Waals surface area contributed by atoms with E-state index in [1.54, 1.807) is 18.4 Å². The second-order valence-corrected chi connectivity index (χ2v) is 6.40. The van der Waals surface area contributed by atoms with Crippen molar-refractivity contribution in [2.24, 2.45) is 0 Å². The second kappa shape index (κ2) is 7.32. The molecule has 2 aromatic rings. The van der Waals surface area contributed by atoms with Gasteiger partial charge in [0.1, 0.15) is 6.10 Å². The normalized spacial score (nSPS) is 27.7. The first-order chi connectivity index (χ1) is 12.7. The van der Waals surface area contributed by atoms with E-state index in [0.717, 1.165) is 11.1 Å². The predicted octanol–water partition coefficient (Wildman–Crippen LogP) is 3.63. The SMILES string of the molecule is CC1=CO[C@@H]2CO[C@@H](c3ccccc3)O[C@H]2[C@H]1OC(=O)c1ccccc1. The van der Waals surface area contributed by atoms with Crippen LogP contribution in [0.4, 0.5) is 0 Å². The van der Waals surface area contributed by atoms with Crippen molar-refractivity contribution in [3.63, 3.8) is 0 Å². The molecular weight excluding hydrogens is 332 g/mol. The quantitative estimate of drug-likeness (QED) is 0.790. The molecule has 0 aliphatic carbocycles. The van der Waals surface area contributed by atoms with Gasteiger partial charge in [-0.3, -0.25) is 0 Å². The molecule has 0 aromatic heterocycles. The summed E-state index contributed by atoms with van der Waals surface area (Å²) in [5.41, 5.74) is 2.24. The van der Waals surface area contributed by atoms with E-state index in [9.17, 15) is 4.79 Å². The summed E-state index contributed by atoms with van der Waals surface area (Å²) in [4.78, 5) is 12.5. The number of fused-ring (bicyclic) bond motifs is 1. The maximum atomic E-state index is 12.5. The lowest BCUT2D eigenvalue weighted by Crippen LogP contribution is -2.52. The van der Waals surface area contributed by atoms with Crippen molar-refractivity contribution in [1.82, 2.24) is 0 Å². The van der Waals surface area contributed by atoms with Crippen molar-refractivity contribution in [2.75, 3.05) is 6.61 Å². The van der Waals surface area contributed by atoms with Crippen LogP contribution < -0.4 is 0 Å². The van der Waals surface area contributed by atoms with Crippen molar-refractivity contribution >= 4 is 5.97 Å². The zero-order chi connectivity index (χ0) is 17.9. The topological polar surface area (TPSA) is 54.0 Å². The molecule has 0 radical (unpaired) electrons. The fraction of sp³-hybridized carbons (Fsp3) is 0.286. The van der Waals surface area contributed by atoms with Crippen molar-refractivity contribution in [2.45, 2.75) is 31.5 Å². The number of carbonyl (C=O) groups is 1. The van der Waals surface area contributed by atoms with E-state index in [-0.39, 0.29) is 12.1 Å². The molecule has 1 fully saturated rings. The Labute approximate surface area is 152 Å². The number of rotatable bonds is 3. The van der Waals surface area contributed by atoms with Gasteiger partial charge < -0.3 is 18.9 Å². The molecular formula is C21H20O5. The molecule has 134 valence electrons. The largest absolute Gasteiger partial charge is 0.493 e. The van der Waals surface area contributed by atoms with Crippen molar-refractivity contribution in [1.29, 1.82) is 0 Å². The summed E-state index contributed by atoms with van der Waals surface area (Å²) in [6, 6.07) is 18.6. The standard InChI is InChI=1S/C21H20O5/c1-14-12-23-17-13-24-21(16-10-6-3-7-11-16)26-19(17)18(14)25-20(22)15-8-4-2-5-9-15/h2-12,17-19,21H,13H2,1H3/t17-,18+,19-,21-/m1/s1. The molecule has 2 aliphatic rings. The molecule has 26 heavy (non-hydrogen) atoms. The van der Waals surface area contributed by atoms with Crippen LogP contribution in [0.15, 0.2) is 72.5 Å². The van der Waals surface area contributed by atoms with E-state index in [1.807, 2.05) is 55.5 Å². The monoisotopic (exact) mass is 352 g/mol. The fourth-order valence-electron chi connectivity index (χ4n) is 3.15. The van der Waals surface area contributed by atoms with Gasteiger partial charge >= 0.3 is 5.97 Å². The first-order valence-electron chi connectivity index (χ1n) is 8.62. The fourth-order valence-corrected chi connectivity index (χ4v) is 3.15. The van der Waals surface area contributed by atoms with Crippen molar-refractivity contribution in [3.05, 3.63) is 83.6 Å². The van der Waals surface area contributed by atoms with Crippen LogP contribution in [-0.2, 0) is 18.9 Å². The molecule has 0 bridgehead atoms. The van der Waals surface area contributed by atoms with Crippen LogP contribution >= 0.6 is 0 Å². The number of ether oxygens (including phenoxy) is 4. The molecule has 4 atom stereocenters. The van der Waals surface area contributed by atoms with Crippen LogP contribution in [0.5, 0.6) is 0 Å². The van der Waals surface area contributed by atoms with Gasteiger partial charge in [-0.25, -0.2) is 4.79 Å². The van der Waals surface area contributed by atoms with Crippen LogP contribution in [0, 0.1) is 0 Å².